The minimum Gasteiger partial charge on any atom is -0.497 e. The van der Waals surface area contributed by atoms with Crippen LogP contribution in [0.15, 0.2) is 12.1 Å². The van der Waals surface area contributed by atoms with Gasteiger partial charge in [0.2, 0.25) is 6.54 Å². The first-order valence-corrected chi connectivity index (χ1v) is 6.77. The van der Waals surface area contributed by atoms with Gasteiger partial charge in [-0.05, 0) is 6.92 Å². The van der Waals surface area contributed by atoms with Crippen LogP contribution >= 0.6 is 0 Å². The maximum atomic E-state index is 14.2. The zero-order valence-corrected chi connectivity index (χ0v) is 12.8. The van der Waals surface area contributed by atoms with Crippen LogP contribution in [0.4, 0.5) is 8.78 Å². The Hall–Kier alpha value is -2.78. The summed E-state index contributed by atoms with van der Waals surface area (Å²) in [5.74, 6) is -9.82. The zero-order valence-electron chi connectivity index (χ0n) is 12.8. The smallest absolute Gasteiger partial charge is 0.321 e. The van der Waals surface area contributed by atoms with Crippen LogP contribution in [0.25, 0.3) is 0 Å². The van der Waals surface area contributed by atoms with Crippen LogP contribution in [-0.2, 0) is 14.3 Å². The molecule has 0 amide bonds. The van der Waals surface area contributed by atoms with E-state index in [1.165, 1.54) is 6.92 Å². The van der Waals surface area contributed by atoms with E-state index < -0.39 is 52.4 Å². The van der Waals surface area contributed by atoms with Gasteiger partial charge < -0.3 is 14.6 Å². The van der Waals surface area contributed by atoms with Crippen molar-refractivity contribution < 1.29 is 37.9 Å². The molecule has 132 valence electrons. The van der Waals surface area contributed by atoms with Gasteiger partial charge in [0.25, 0.3) is 0 Å². The maximum Gasteiger partial charge on any atom is 0.321 e. The van der Waals surface area contributed by atoms with Gasteiger partial charge in [-0.3, -0.25) is 19.7 Å². The third-order valence-electron chi connectivity index (χ3n) is 3.21. The highest BCUT2D eigenvalue weighted by Crippen LogP contribution is 2.33. The van der Waals surface area contributed by atoms with Crippen LogP contribution in [0.3, 0.4) is 0 Å². The summed E-state index contributed by atoms with van der Waals surface area (Å²) in [6.07, 6.45) is 0. The van der Waals surface area contributed by atoms with Gasteiger partial charge in [0.1, 0.15) is 17.4 Å². The third-order valence-corrected chi connectivity index (χ3v) is 3.21. The Morgan fingerprint density at radius 2 is 1.88 bits per heavy atom. The third kappa shape index (κ3) is 4.37. The number of methoxy groups -OCH3 is 1. The molecule has 2 unspecified atom stereocenters. The summed E-state index contributed by atoms with van der Waals surface area (Å²) >= 11 is 0. The molecule has 1 aromatic rings. The number of halogens is 2. The lowest BCUT2D eigenvalue weighted by Gasteiger charge is -2.21. The second-order valence-corrected chi connectivity index (χ2v) is 4.69. The number of carboxylic acid groups (broad SMARTS) is 1. The zero-order chi connectivity index (χ0) is 18.4. The quantitative estimate of drug-likeness (QED) is 0.328. The average Bonchev–Trinajstić information content (AvgIpc) is 2.45. The van der Waals surface area contributed by atoms with E-state index in [1.807, 2.05) is 0 Å². The van der Waals surface area contributed by atoms with Gasteiger partial charge >= 0.3 is 11.9 Å². The predicted molar refractivity (Wildman–Crippen MR) is 75.3 cm³/mol. The highest BCUT2D eigenvalue weighted by molar-refractivity contribution is 5.95. The monoisotopic (exact) mass is 347 g/mol. The van der Waals surface area contributed by atoms with Gasteiger partial charge in [-0.15, -0.1) is 0 Å². The van der Waals surface area contributed by atoms with E-state index in [0.717, 1.165) is 19.2 Å². The summed E-state index contributed by atoms with van der Waals surface area (Å²) in [5.41, 5.74) is -0.882. The number of nitro groups is 1. The van der Waals surface area contributed by atoms with E-state index in [9.17, 15) is 33.6 Å². The topological polar surface area (TPSA) is 116 Å². The van der Waals surface area contributed by atoms with Crippen LogP contribution in [0.5, 0.6) is 5.75 Å². The number of ether oxygens (including phenoxy) is 2. The fraction of sp³-hybridized carbons (Fsp3) is 0.429. The minimum absolute atomic E-state index is 0.193. The Morgan fingerprint density at radius 1 is 1.33 bits per heavy atom. The number of carboxylic acids is 1. The highest BCUT2D eigenvalue weighted by atomic mass is 19.1. The first kappa shape index (κ1) is 19.3. The molecule has 0 fully saturated rings. The number of nitrogens with zero attached hydrogens (tertiary/aromatic N) is 1. The van der Waals surface area contributed by atoms with Crippen molar-refractivity contribution in [1.82, 2.24) is 0 Å². The molecule has 0 aliphatic carbocycles. The van der Waals surface area contributed by atoms with E-state index in [1.54, 1.807) is 0 Å². The van der Waals surface area contributed by atoms with Gasteiger partial charge in [-0.1, -0.05) is 0 Å². The predicted octanol–water partition coefficient (Wildman–Crippen LogP) is 1.60. The minimum atomic E-state index is -2.13. The van der Waals surface area contributed by atoms with Crippen molar-refractivity contribution in [1.29, 1.82) is 0 Å². The van der Waals surface area contributed by atoms with Crippen molar-refractivity contribution in [3.63, 3.8) is 0 Å². The second kappa shape index (κ2) is 8.18. The van der Waals surface area contributed by atoms with Crippen LogP contribution in [-0.4, -0.2) is 42.2 Å². The first-order chi connectivity index (χ1) is 11.2. The molecule has 0 spiro atoms. The number of rotatable bonds is 8. The van der Waals surface area contributed by atoms with E-state index in [4.69, 9.17) is 0 Å². The van der Waals surface area contributed by atoms with E-state index in [2.05, 4.69) is 9.47 Å². The number of hydrogen-bond donors (Lipinski definition) is 1. The lowest BCUT2D eigenvalue weighted by molar-refractivity contribution is -0.484. The average molecular weight is 347 g/mol. The molecule has 0 saturated carbocycles. The molecule has 1 aromatic carbocycles. The number of benzene rings is 1. The van der Waals surface area contributed by atoms with Crippen LogP contribution in [0, 0.1) is 27.7 Å². The Labute approximate surface area is 135 Å². The lowest BCUT2D eigenvalue weighted by atomic mass is 9.85. The van der Waals surface area contributed by atoms with Crippen LogP contribution in [0.2, 0.25) is 0 Å². The van der Waals surface area contributed by atoms with Crippen molar-refractivity contribution in [3.05, 3.63) is 39.4 Å². The molecule has 8 nitrogen and oxygen atoms in total. The van der Waals surface area contributed by atoms with Crippen LogP contribution < -0.4 is 4.74 Å². The van der Waals surface area contributed by atoms with Gasteiger partial charge in [0.15, 0.2) is 5.92 Å². The molecular weight excluding hydrogens is 332 g/mol. The highest BCUT2D eigenvalue weighted by Gasteiger charge is 2.43. The maximum absolute atomic E-state index is 14.2. The van der Waals surface area contributed by atoms with Gasteiger partial charge in [0.05, 0.1) is 19.6 Å². The van der Waals surface area contributed by atoms with Crippen molar-refractivity contribution in [2.45, 2.75) is 12.8 Å². The van der Waals surface area contributed by atoms with Gasteiger partial charge in [-0.25, -0.2) is 8.78 Å². The van der Waals surface area contributed by atoms with Crippen LogP contribution in [0.1, 0.15) is 18.4 Å². The molecule has 1 rings (SSSR count). The molecule has 24 heavy (non-hydrogen) atoms. The SMILES string of the molecule is CCOC(=O)C(C(=O)O)C(C[N+](=O)[O-])c1c(F)cc(OC)cc1F. The molecule has 0 saturated heterocycles. The Balaban J connectivity index is 3.48. The normalized spacial score (nSPS) is 13.0. The lowest BCUT2D eigenvalue weighted by Crippen LogP contribution is -2.36. The summed E-state index contributed by atoms with van der Waals surface area (Å²) in [5, 5.41) is 20.0. The fourth-order valence-electron chi connectivity index (χ4n) is 2.23. The summed E-state index contributed by atoms with van der Waals surface area (Å²) in [4.78, 5) is 33.1. The molecule has 0 aliphatic heterocycles. The molecule has 2 atom stereocenters. The van der Waals surface area contributed by atoms with Crippen molar-refractivity contribution >= 4 is 11.9 Å². The van der Waals surface area contributed by atoms with Crippen molar-refractivity contribution in [2.24, 2.45) is 5.92 Å². The molecule has 0 aromatic heterocycles. The van der Waals surface area contributed by atoms with Crippen molar-refractivity contribution in [3.8, 4) is 5.75 Å². The molecule has 0 radical (unpaired) electrons. The fourth-order valence-corrected chi connectivity index (χ4v) is 2.23. The molecular formula is C14H15F2NO7. The van der Waals surface area contributed by atoms with Crippen molar-refractivity contribution in [2.75, 3.05) is 20.3 Å². The Bertz CT molecular complexity index is 627. The summed E-state index contributed by atoms with van der Waals surface area (Å²) in [6.45, 7) is 0.0329. The molecule has 0 bridgehead atoms. The number of hydrogen-bond acceptors (Lipinski definition) is 6. The first-order valence-electron chi connectivity index (χ1n) is 6.77. The van der Waals surface area contributed by atoms with Gasteiger partial charge in [0, 0.05) is 22.6 Å². The largest absolute Gasteiger partial charge is 0.497 e. The summed E-state index contributed by atoms with van der Waals surface area (Å²) in [6, 6.07) is 1.49. The summed E-state index contributed by atoms with van der Waals surface area (Å²) < 4.78 is 37.6. The number of aliphatic carboxylic acids is 1. The molecule has 10 heteroatoms. The molecule has 1 N–H and O–H groups in total. The van der Waals surface area contributed by atoms with E-state index >= 15 is 0 Å². The number of carbonyl (C=O) groups is 2. The van der Waals surface area contributed by atoms with E-state index in [-0.39, 0.29) is 12.4 Å². The number of esters is 1. The Morgan fingerprint density at radius 3 is 2.25 bits per heavy atom. The standard InChI is InChI=1S/C14H15F2NO7/c1-3-24-14(20)12(13(18)19)8(6-17(21)22)11-9(15)4-7(23-2)5-10(11)16/h4-5,8,12H,3,6H2,1-2H3,(H,18,19). The summed E-state index contributed by atoms with van der Waals surface area (Å²) in [7, 11) is 1.15. The molecule has 0 heterocycles. The Kier molecular flexibility index (Phi) is 6.57. The van der Waals surface area contributed by atoms with E-state index in [0.29, 0.717) is 0 Å². The number of carbonyl (C=O) groups excluding carboxylic acids is 1. The molecule has 0 aliphatic rings. The second-order valence-electron chi connectivity index (χ2n) is 4.69. The van der Waals surface area contributed by atoms with Gasteiger partial charge in [-0.2, -0.15) is 0 Å².